The molecule has 0 radical (unpaired) electrons. The van der Waals surface area contributed by atoms with Crippen molar-refractivity contribution < 1.29 is 9.90 Å². The number of carbonyl (C=O) groups excluding carboxylic acids is 1. The minimum absolute atomic E-state index is 0.165. The highest BCUT2D eigenvalue weighted by Gasteiger charge is 2.27. The van der Waals surface area contributed by atoms with E-state index in [-0.39, 0.29) is 5.91 Å². The van der Waals surface area contributed by atoms with E-state index in [1.807, 2.05) is 47.8 Å². The molecule has 0 aliphatic carbocycles. The molecule has 0 saturated carbocycles. The maximum absolute atomic E-state index is 12.3. The van der Waals surface area contributed by atoms with Crippen molar-refractivity contribution in [1.82, 2.24) is 0 Å². The van der Waals surface area contributed by atoms with Crippen LogP contribution in [-0.4, -0.2) is 11.0 Å². The molecule has 1 aliphatic heterocycles. The molecule has 2 aromatic carbocycles. The minimum atomic E-state index is -0.761. The number of benzene rings is 2. The third kappa shape index (κ3) is 1.59. The van der Waals surface area contributed by atoms with Crippen LogP contribution >= 0.6 is 11.3 Å². The highest BCUT2D eigenvalue weighted by Crippen LogP contribution is 2.38. The first-order valence-electron chi connectivity index (χ1n) is 6.33. The second-order valence-electron chi connectivity index (χ2n) is 4.84. The molecule has 98 valence electrons. The lowest BCUT2D eigenvalue weighted by Gasteiger charge is -2.12. The largest absolute Gasteiger partial charge is 0.383 e. The van der Waals surface area contributed by atoms with Gasteiger partial charge in [-0.1, -0.05) is 24.3 Å². The summed E-state index contributed by atoms with van der Waals surface area (Å²) in [6.45, 7) is 0. The van der Waals surface area contributed by atoms with Crippen LogP contribution in [0.5, 0.6) is 0 Å². The summed E-state index contributed by atoms with van der Waals surface area (Å²) in [6, 6.07) is 13.4. The Balaban J connectivity index is 2.04. The second-order valence-corrected chi connectivity index (χ2v) is 5.79. The molecule has 20 heavy (non-hydrogen) atoms. The van der Waals surface area contributed by atoms with Crippen LogP contribution in [0.4, 0.5) is 5.69 Å². The molecule has 3 aromatic rings. The average Bonchev–Trinajstić information content (AvgIpc) is 2.89. The van der Waals surface area contributed by atoms with Crippen molar-refractivity contribution >= 4 is 33.7 Å². The highest BCUT2D eigenvalue weighted by molar-refractivity contribution is 7.10. The summed E-state index contributed by atoms with van der Waals surface area (Å²) < 4.78 is 0. The van der Waals surface area contributed by atoms with Crippen molar-refractivity contribution in [2.75, 3.05) is 5.32 Å². The average molecular weight is 281 g/mol. The molecular weight excluding hydrogens is 270 g/mol. The van der Waals surface area contributed by atoms with Gasteiger partial charge in [0, 0.05) is 5.56 Å². The fraction of sp³-hybridized carbons (Fsp3) is 0.0625. The van der Waals surface area contributed by atoms with Gasteiger partial charge < -0.3 is 10.4 Å². The van der Waals surface area contributed by atoms with Gasteiger partial charge in [0.25, 0.3) is 5.91 Å². The Kier molecular flexibility index (Phi) is 2.42. The number of aliphatic hydroxyl groups is 1. The molecule has 4 rings (SSSR count). The van der Waals surface area contributed by atoms with E-state index in [0.29, 0.717) is 16.8 Å². The molecule has 1 aromatic heterocycles. The van der Waals surface area contributed by atoms with Gasteiger partial charge in [0.2, 0.25) is 0 Å². The molecule has 0 saturated heterocycles. The molecule has 2 N–H and O–H groups in total. The van der Waals surface area contributed by atoms with Crippen molar-refractivity contribution in [2.24, 2.45) is 0 Å². The van der Waals surface area contributed by atoms with E-state index < -0.39 is 6.10 Å². The van der Waals surface area contributed by atoms with Gasteiger partial charge >= 0.3 is 0 Å². The maximum atomic E-state index is 12.3. The summed E-state index contributed by atoms with van der Waals surface area (Å²) in [5.41, 5.74) is 1.91. The van der Waals surface area contributed by atoms with Crippen molar-refractivity contribution in [3.63, 3.8) is 0 Å². The SMILES string of the molecule is O=C1Nc2ccsc2C(O)c2cc3ccccc3cc21. The lowest BCUT2D eigenvalue weighted by Crippen LogP contribution is -2.11. The quantitative estimate of drug-likeness (QED) is 0.662. The molecule has 1 amide bonds. The summed E-state index contributed by atoms with van der Waals surface area (Å²) >= 11 is 1.45. The van der Waals surface area contributed by atoms with Crippen LogP contribution in [-0.2, 0) is 0 Å². The van der Waals surface area contributed by atoms with E-state index in [4.69, 9.17) is 0 Å². The molecule has 0 fully saturated rings. The summed E-state index contributed by atoms with van der Waals surface area (Å²) in [7, 11) is 0. The highest BCUT2D eigenvalue weighted by atomic mass is 32.1. The van der Waals surface area contributed by atoms with Gasteiger partial charge in [-0.2, -0.15) is 0 Å². The summed E-state index contributed by atoms with van der Waals surface area (Å²) in [5.74, 6) is -0.165. The van der Waals surface area contributed by atoms with Gasteiger partial charge in [-0.05, 0) is 39.9 Å². The van der Waals surface area contributed by atoms with E-state index in [0.717, 1.165) is 15.6 Å². The first kappa shape index (κ1) is 11.6. The van der Waals surface area contributed by atoms with Gasteiger partial charge in [0.05, 0.1) is 10.6 Å². The Labute approximate surface area is 119 Å². The third-order valence-electron chi connectivity index (χ3n) is 3.65. The van der Waals surface area contributed by atoms with Gasteiger partial charge in [-0.15, -0.1) is 11.3 Å². The summed E-state index contributed by atoms with van der Waals surface area (Å²) in [4.78, 5) is 13.1. The van der Waals surface area contributed by atoms with Crippen LogP contribution in [0, 0.1) is 0 Å². The summed E-state index contributed by atoms with van der Waals surface area (Å²) in [6.07, 6.45) is -0.761. The Bertz CT molecular complexity index is 837. The fourth-order valence-electron chi connectivity index (χ4n) is 2.65. The van der Waals surface area contributed by atoms with Crippen molar-refractivity contribution in [3.8, 4) is 0 Å². The molecule has 1 atom stereocenters. The Morgan fingerprint density at radius 2 is 1.85 bits per heavy atom. The molecular formula is C16H11NO2S. The van der Waals surface area contributed by atoms with E-state index in [1.54, 1.807) is 0 Å². The number of thiophene rings is 1. The van der Waals surface area contributed by atoms with Crippen LogP contribution in [0.15, 0.2) is 47.8 Å². The molecule has 4 heteroatoms. The Morgan fingerprint density at radius 3 is 2.65 bits per heavy atom. The zero-order valence-corrected chi connectivity index (χ0v) is 11.3. The maximum Gasteiger partial charge on any atom is 0.256 e. The van der Waals surface area contributed by atoms with E-state index in [2.05, 4.69) is 5.32 Å². The molecule has 1 unspecified atom stereocenters. The van der Waals surface area contributed by atoms with Crippen molar-refractivity contribution in [3.05, 3.63) is 63.8 Å². The van der Waals surface area contributed by atoms with E-state index >= 15 is 0 Å². The summed E-state index contributed by atoms with van der Waals surface area (Å²) in [5, 5.41) is 17.3. The number of aliphatic hydroxyl groups excluding tert-OH is 1. The van der Waals surface area contributed by atoms with E-state index in [9.17, 15) is 9.90 Å². The van der Waals surface area contributed by atoms with Crippen molar-refractivity contribution in [2.45, 2.75) is 6.10 Å². The zero-order chi connectivity index (χ0) is 13.7. The lowest BCUT2D eigenvalue weighted by molar-refractivity contribution is 0.102. The van der Waals surface area contributed by atoms with Gasteiger partial charge in [-0.3, -0.25) is 4.79 Å². The van der Waals surface area contributed by atoms with Crippen molar-refractivity contribution in [1.29, 1.82) is 0 Å². The Morgan fingerprint density at radius 1 is 1.10 bits per heavy atom. The predicted octanol–water partition coefficient (Wildman–Crippen LogP) is 3.55. The fourth-order valence-corrected chi connectivity index (χ4v) is 3.50. The number of hydrogen-bond donors (Lipinski definition) is 2. The van der Waals surface area contributed by atoms with Crippen LogP contribution in [0.25, 0.3) is 10.8 Å². The number of nitrogens with one attached hydrogen (secondary N) is 1. The third-order valence-corrected chi connectivity index (χ3v) is 4.62. The first-order valence-corrected chi connectivity index (χ1v) is 7.21. The number of carbonyl (C=O) groups is 1. The molecule has 2 heterocycles. The lowest BCUT2D eigenvalue weighted by atomic mass is 9.97. The molecule has 3 nitrogen and oxygen atoms in total. The monoisotopic (exact) mass is 281 g/mol. The first-order chi connectivity index (χ1) is 9.74. The van der Waals surface area contributed by atoms with Crippen LogP contribution in [0.2, 0.25) is 0 Å². The van der Waals surface area contributed by atoms with Gasteiger partial charge in [-0.25, -0.2) is 0 Å². The molecule has 0 bridgehead atoms. The van der Waals surface area contributed by atoms with Crippen LogP contribution in [0.3, 0.4) is 0 Å². The smallest absolute Gasteiger partial charge is 0.256 e. The minimum Gasteiger partial charge on any atom is -0.383 e. The molecule has 1 aliphatic rings. The number of fused-ring (bicyclic) bond motifs is 3. The number of amides is 1. The number of rotatable bonds is 0. The Hall–Kier alpha value is -2.17. The molecule has 0 spiro atoms. The topological polar surface area (TPSA) is 49.3 Å². The van der Waals surface area contributed by atoms with Gasteiger partial charge in [0.15, 0.2) is 0 Å². The number of hydrogen-bond acceptors (Lipinski definition) is 3. The second kappa shape index (κ2) is 4.16. The predicted molar refractivity (Wildman–Crippen MR) is 80.3 cm³/mol. The van der Waals surface area contributed by atoms with Crippen LogP contribution < -0.4 is 5.32 Å². The normalized spacial score (nSPS) is 17.2. The zero-order valence-electron chi connectivity index (χ0n) is 10.5. The standard InChI is InChI=1S/C16H11NO2S/c18-14-11-7-9-3-1-2-4-10(9)8-12(11)16(19)17-13-5-6-20-15(13)14/h1-8,14,18H,(H,17,19). The van der Waals surface area contributed by atoms with Crippen LogP contribution in [0.1, 0.15) is 26.9 Å². The number of anilines is 1. The van der Waals surface area contributed by atoms with E-state index in [1.165, 1.54) is 11.3 Å². The van der Waals surface area contributed by atoms with Gasteiger partial charge in [0.1, 0.15) is 6.10 Å².